The Morgan fingerprint density at radius 3 is 3.08 bits per heavy atom. The largest absolute Gasteiger partial charge is 0.480 e. The number of nitrogens with zero attached hydrogens (tertiary/aromatic N) is 1. The van der Waals surface area contributed by atoms with Gasteiger partial charge in [0.15, 0.2) is 0 Å². The fourth-order valence-electron chi connectivity index (χ4n) is 1.16. The number of hydrogen-bond donors (Lipinski definition) is 2. The average Bonchev–Trinajstić information content (AvgIpc) is 2.19. The standard InChI is InChI=1S/C8H12N2O3/c9-6-3-1-2-4-10(8(6)13)5-7(11)12/h2,4,6H,1,3,5,9H2,(H,11,12)/t6-/m0/s1. The Morgan fingerprint density at radius 2 is 2.46 bits per heavy atom. The minimum atomic E-state index is -1.04. The Labute approximate surface area is 75.8 Å². The first-order chi connectivity index (χ1) is 6.11. The van der Waals surface area contributed by atoms with Crippen LogP contribution < -0.4 is 5.73 Å². The molecule has 3 N–H and O–H groups in total. The number of allylic oxidation sites excluding steroid dienone is 1. The first-order valence-electron chi connectivity index (χ1n) is 4.06. The van der Waals surface area contributed by atoms with Crippen LogP contribution in [0.4, 0.5) is 0 Å². The molecule has 0 aromatic heterocycles. The van der Waals surface area contributed by atoms with Gasteiger partial charge in [-0.25, -0.2) is 0 Å². The van der Waals surface area contributed by atoms with Gasteiger partial charge in [0.1, 0.15) is 6.54 Å². The fourth-order valence-corrected chi connectivity index (χ4v) is 1.16. The van der Waals surface area contributed by atoms with Gasteiger partial charge in [-0.05, 0) is 12.8 Å². The Balaban J connectivity index is 2.68. The van der Waals surface area contributed by atoms with Gasteiger partial charge in [-0.15, -0.1) is 0 Å². The molecule has 1 aliphatic rings. The molecule has 0 aromatic carbocycles. The molecule has 1 heterocycles. The second-order valence-electron chi connectivity index (χ2n) is 2.93. The Morgan fingerprint density at radius 1 is 1.77 bits per heavy atom. The van der Waals surface area contributed by atoms with Crippen molar-refractivity contribution in [2.45, 2.75) is 18.9 Å². The molecule has 1 atom stereocenters. The normalized spacial score (nSPS) is 23.0. The second kappa shape index (κ2) is 4.04. The fraction of sp³-hybridized carbons (Fsp3) is 0.500. The maximum Gasteiger partial charge on any atom is 0.323 e. The van der Waals surface area contributed by atoms with Crippen LogP contribution in [-0.4, -0.2) is 34.5 Å². The van der Waals surface area contributed by atoms with E-state index in [9.17, 15) is 9.59 Å². The minimum absolute atomic E-state index is 0.316. The van der Waals surface area contributed by atoms with Crippen molar-refractivity contribution >= 4 is 11.9 Å². The summed E-state index contributed by atoms with van der Waals surface area (Å²) in [6.45, 7) is -0.316. The average molecular weight is 184 g/mol. The molecular weight excluding hydrogens is 172 g/mol. The zero-order valence-electron chi connectivity index (χ0n) is 7.14. The molecule has 5 nitrogen and oxygen atoms in total. The predicted molar refractivity (Wildman–Crippen MR) is 45.7 cm³/mol. The van der Waals surface area contributed by atoms with Gasteiger partial charge in [0.2, 0.25) is 5.91 Å². The monoisotopic (exact) mass is 184 g/mol. The van der Waals surface area contributed by atoms with Gasteiger partial charge < -0.3 is 15.7 Å². The molecule has 0 spiro atoms. The van der Waals surface area contributed by atoms with Crippen LogP contribution in [-0.2, 0) is 9.59 Å². The van der Waals surface area contributed by atoms with E-state index in [2.05, 4.69) is 0 Å². The van der Waals surface area contributed by atoms with Crippen LogP contribution in [0.3, 0.4) is 0 Å². The minimum Gasteiger partial charge on any atom is -0.480 e. The first-order valence-corrected chi connectivity index (χ1v) is 4.06. The summed E-state index contributed by atoms with van der Waals surface area (Å²) in [7, 11) is 0. The van der Waals surface area contributed by atoms with E-state index in [4.69, 9.17) is 10.8 Å². The number of carbonyl (C=O) groups is 2. The molecule has 1 amide bonds. The van der Waals surface area contributed by atoms with Gasteiger partial charge in [0.25, 0.3) is 0 Å². The van der Waals surface area contributed by atoms with E-state index in [1.807, 2.05) is 0 Å². The van der Waals surface area contributed by atoms with Gasteiger partial charge in [-0.3, -0.25) is 9.59 Å². The van der Waals surface area contributed by atoms with Gasteiger partial charge in [-0.1, -0.05) is 6.08 Å². The van der Waals surface area contributed by atoms with Crippen molar-refractivity contribution < 1.29 is 14.7 Å². The van der Waals surface area contributed by atoms with Crippen LogP contribution in [0.2, 0.25) is 0 Å². The number of carbonyl (C=O) groups excluding carboxylic acids is 1. The summed E-state index contributed by atoms with van der Waals surface area (Å²) < 4.78 is 0. The summed E-state index contributed by atoms with van der Waals surface area (Å²) in [5.41, 5.74) is 5.52. The summed E-state index contributed by atoms with van der Waals surface area (Å²) in [6, 6.07) is -0.575. The third-order valence-corrected chi connectivity index (χ3v) is 1.84. The first kappa shape index (κ1) is 9.73. The van der Waals surface area contributed by atoms with Crippen LogP contribution in [0, 0.1) is 0 Å². The van der Waals surface area contributed by atoms with E-state index < -0.39 is 12.0 Å². The van der Waals surface area contributed by atoms with Crippen molar-refractivity contribution in [1.82, 2.24) is 4.90 Å². The number of rotatable bonds is 2. The molecule has 0 saturated heterocycles. The molecule has 5 heteroatoms. The highest BCUT2D eigenvalue weighted by atomic mass is 16.4. The lowest BCUT2D eigenvalue weighted by atomic mass is 10.2. The van der Waals surface area contributed by atoms with Crippen molar-refractivity contribution in [2.75, 3.05) is 6.54 Å². The van der Waals surface area contributed by atoms with Gasteiger partial charge in [0, 0.05) is 6.20 Å². The highest BCUT2D eigenvalue weighted by Crippen LogP contribution is 2.07. The van der Waals surface area contributed by atoms with Crippen LogP contribution in [0.5, 0.6) is 0 Å². The number of nitrogens with two attached hydrogens (primary N) is 1. The molecule has 1 aliphatic heterocycles. The third-order valence-electron chi connectivity index (χ3n) is 1.84. The molecule has 1 rings (SSSR count). The lowest BCUT2D eigenvalue weighted by molar-refractivity contribution is -0.142. The highest BCUT2D eigenvalue weighted by molar-refractivity contribution is 5.86. The molecule has 0 bridgehead atoms. The van der Waals surface area contributed by atoms with E-state index in [-0.39, 0.29) is 12.5 Å². The van der Waals surface area contributed by atoms with Crippen LogP contribution in [0.15, 0.2) is 12.3 Å². The molecule has 13 heavy (non-hydrogen) atoms. The Hall–Kier alpha value is -1.36. The number of carboxylic acid groups (broad SMARTS) is 1. The maximum absolute atomic E-state index is 11.4. The van der Waals surface area contributed by atoms with Crippen LogP contribution in [0.1, 0.15) is 12.8 Å². The zero-order chi connectivity index (χ0) is 9.84. The predicted octanol–water partition coefficient (Wildman–Crippen LogP) is -0.466. The quantitative estimate of drug-likeness (QED) is 0.608. The SMILES string of the molecule is N[C@H]1CCC=CN(CC(=O)O)C1=O. The van der Waals surface area contributed by atoms with Crippen molar-refractivity contribution in [3.05, 3.63) is 12.3 Å². The Kier molecular flexibility index (Phi) is 3.02. The summed E-state index contributed by atoms with van der Waals surface area (Å²) >= 11 is 0. The number of hydrogen-bond acceptors (Lipinski definition) is 3. The molecule has 0 aromatic rings. The van der Waals surface area contributed by atoms with Gasteiger partial charge in [-0.2, -0.15) is 0 Å². The molecular formula is C8H12N2O3. The third kappa shape index (κ3) is 2.55. The lowest BCUT2D eigenvalue weighted by Crippen LogP contribution is -2.42. The molecule has 0 saturated carbocycles. The van der Waals surface area contributed by atoms with Gasteiger partial charge >= 0.3 is 5.97 Å². The molecule has 0 aliphatic carbocycles. The highest BCUT2D eigenvalue weighted by Gasteiger charge is 2.22. The van der Waals surface area contributed by atoms with Gasteiger partial charge in [0.05, 0.1) is 6.04 Å². The van der Waals surface area contributed by atoms with Crippen LogP contribution in [0.25, 0.3) is 0 Å². The van der Waals surface area contributed by atoms with Crippen molar-refractivity contribution in [1.29, 1.82) is 0 Å². The number of aliphatic carboxylic acids is 1. The summed E-state index contributed by atoms with van der Waals surface area (Å²) in [4.78, 5) is 22.9. The van der Waals surface area contributed by atoms with E-state index in [0.29, 0.717) is 12.8 Å². The van der Waals surface area contributed by atoms with E-state index in [1.165, 1.54) is 6.20 Å². The second-order valence-corrected chi connectivity index (χ2v) is 2.93. The molecule has 0 fully saturated rings. The van der Waals surface area contributed by atoms with Crippen molar-refractivity contribution in [3.63, 3.8) is 0 Å². The van der Waals surface area contributed by atoms with Crippen molar-refractivity contribution in [2.24, 2.45) is 5.73 Å². The Bertz CT molecular complexity index is 250. The van der Waals surface area contributed by atoms with E-state index in [0.717, 1.165) is 4.90 Å². The lowest BCUT2D eigenvalue weighted by Gasteiger charge is -2.17. The summed E-state index contributed by atoms with van der Waals surface area (Å²) in [6.07, 6.45) is 4.53. The summed E-state index contributed by atoms with van der Waals surface area (Å²) in [5.74, 6) is -1.36. The molecule has 72 valence electrons. The maximum atomic E-state index is 11.4. The summed E-state index contributed by atoms with van der Waals surface area (Å²) in [5, 5.41) is 8.49. The smallest absolute Gasteiger partial charge is 0.323 e. The number of carboxylic acids is 1. The topological polar surface area (TPSA) is 83.6 Å². The molecule has 0 unspecified atom stereocenters. The zero-order valence-corrected chi connectivity index (χ0v) is 7.14. The van der Waals surface area contributed by atoms with Crippen LogP contribution >= 0.6 is 0 Å². The van der Waals surface area contributed by atoms with Crippen molar-refractivity contribution in [3.8, 4) is 0 Å². The molecule has 0 radical (unpaired) electrons. The van der Waals surface area contributed by atoms with E-state index in [1.54, 1.807) is 6.08 Å². The van der Waals surface area contributed by atoms with E-state index >= 15 is 0 Å². The number of amides is 1.